The van der Waals surface area contributed by atoms with Gasteiger partial charge >= 0.3 is 0 Å². The van der Waals surface area contributed by atoms with E-state index in [1.807, 2.05) is 79.0 Å². The first-order valence-corrected chi connectivity index (χ1v) is 12.7. The van der Waals surface area contributed by atoms with Crippen molar-refractivity contribution in [2.24, 2.45) is 0 Å². The topological polar surface area (TPSA) is 86.2 Å². The van der Waals surface area contributed by atoms with Gasteiger partial charge in [-0.05, 0) is 33.8 Å². The first-order valence-electron chi connectivity index (χ1n) is 12.7. The van der Waals surface area contributed by atoms with Crippen molar-refractivity contribution in [3.8, 4) is 11.5 Å². The lowest BCUT2D eigenvalue weighted by atomic mass is 9.76. The molecule has 7 nitrogen and oxygen atoms in total. The molecule has 2 aromatic heterocycles. The summed E-state index contributed by atoms with van der Waals surface area (Å²) in [5.41, 5.74) is 4.33. The summed E-state index contributed by atoms with van der Waals surface area (Å²) in [6.07, 6.45) is 3.45. The summed E-state index contributed by atoms with van der Waals surface area (Å²) in [4.78, 5) is 15.5. The molecule has 0 aliphatic rings. The van der Waals surface area contributed by atoms with E-state index in [9.17, 15) is 0 Å². The van der Waals surface area contributed by atoms with Crippen LogP contribution in [0.15, 0.2) is 122 Å². The van der Waals surface area contributed by atoms with Crippen molar-refractivity contribution < 1.29 is 14.5 Å². The van der Waals surface area contributed by atoms with Gasteiger partial charge in [0.1, 0.15) is 29.8 Å². The van der Waals surface area contributed by atoms with Crippen LogP contribution in [0.3, 0.4) is 0 Å². The highest BCUT2D eigenvalue weighted by atomic mass is 16.5. The van der Waals surface area contributed by atoms with E-state index in [-0.39, 0.29) is 0 Å². The van der Waals surface area contributed by atoms with E-state index in [1.54, 1.807) is 13.4 Å². The Balaban J connectivity index is 1.61. The number of H-pyrrole nitrogens is 2. The highest BCUT2D eigenvalue weighted by molar-refractivity contribution is 5.73. The van der Waals surface area contributed by atoms with Crippen molar-refractivity contribution in [2.75, 3.05) is 12.4 Å². The summed E-state index contributed by atoms with van der Waals surface area (Å²) in [6.45, 7) is 0.408. The largest absolute Gasteiger partial charge is 0.496 e. The van der Waals surface area contributed by atoms with E-state index in [0.29, 0.717) is 29.7 Å². The number of nitrogens with zero attached hydrogens (tertiary/aromatic N) is 2. The fraction of sp³-hybridized carbons (Fsp3) is 0.0938. The van der Waals surface area contributed by atoms with Crippen LogP contribution in [0, 0.1) is 0 Å². The van der Waals surface area contributed by atoms with E-state index in [0.717, 1.165) is 27.8 Å². The molecule has 0 unspecified atom stereocenters. The van der Waals surface area contributed by atoms with Crippen LogP contribution in [-0.4, -0.2) is 22.1 Å². The van der Waals surface area contributed by atoms with E-state index in [2.05, 4.69) is 56.7 Å². The number of fused-ring (bicyclic) bond motifs is 1. The summed E-state index contributed by atoms with van der Waals surface area (Å²) < 4.78 is 12.6. The maximum Gasteiger partial charge on any atom is 0.296 e. The van der Waals surface area contributed by atoms with Gasteiger partial charge in [-0.1, -0.05) is 97.1 Å². The Kier molecular flexibility index (Phi) is 6.62. The second-order valence-corrected chi connectivity index (χ2v) is 9.11. The average Bonchev–Trinajstić information content (AvgIpc) is 3.42. The van der Waals surface area contributed by atoms with Gasteiger partial charge in [0.05, 0.1) is 12.7 Å². The molecule has 0 aliphatic heterocycles. The predicted molar refractivity (Wildman–Crippen MR) is 151 cm³/mol. The van der Waals surface area contributed by atoms with Crippen LogP contribution < -0.4 is 19.8 Å². The summed E-state index contributed by atoms with van der Waals surface area (Å²) >= 11 is 0. The van der Waals surface area contributed by atoms with Crippen LogP contribution in [0.25, 0.3) is 11.2 Å². The molecule has 0 bridgehead atoms. The molecule has 4 aromatic carbocycles. The van der Waals surface area contributed by atoms with Crippen LogP contribution in [0.5, 0.6) is 11.5 Å². The molecule has 6 aromatic rings. The zero-order valence-electron chi connectivity index (χ0n) is 21.5. The van der Waals surface area contributed by atoms with E-state index >= 15 is 0 Å². The first-order chi connectivity index (χ1) is 19.3. The number of aromatic nitrogens is 4. The minimum absolute atomic E-state index is 0.408. The molecule has 2 heterocycles. The van der Waals surface area contributed by atoms with Gasteiger partial charge in [0, 0.05) is 0 Å². The molecule has 0 atom stereocenters. The van der Waals surface area contributed by atoms with Crippen molar-refractivity contribution in [1.82, 2.24) is 15.0 Å². The highest BCUT2D eigenvalue weighted by Crippen LogP contribution is 2.48. The van der Waals surface area contributed by atoms with Gasteiger partial charge in [-0.15, -0.1) is 0 Å². The molecule has 0 spiro atoms. The molecule has 0 aliphatic carbocycles. The molecule has 39 heavy (non-hydrogen) atoms. The Morgan fingerprint density at radius 2 is 1.44 bits per heavy atom. The standard InChI is InChI=1S/C32H27N5O2/c1-38-27-18-11-19-28(39-21-23-12-5-2-6-13-23)29(27)32(24-14-7-3-8-15-24,25-16-9-4-10-17-25)37-31-35-26-20-33-22-34-30(26)36-31/h2-20,22H,21H2,1H3,(H2,33,34,35,36,37)/p+1. The van der Waals surface area contributed by atoms with Crippen LogP contribution in [0.1, 0.15) is 22.3 Å². The number of nitrogens with one attached hydrogen (secondary N) is 3. The number of anilines is 1. The molecule has 0 saturated heterocycles. The average molecular weight is 515 g/mol. The Hall–Kier alpha value is -5.17. The van der Waals surface area contributed by atoms with E-state index < -0.39 is 5.54 Å². The van der Waals surface area contributed by atoms with Gasteiger partial charge in [-0.25, -0.2) is 4.98 Å². The lowest BCUT2D eigenvalue weighted by Gasteiger charge is -2.38. The SMILES string of the molecule is COc1cccc(OCc2ccccc2)c1C(Nc1nc2nc[nH+]cc2[nH]1)(c1ccccc1)c1ccccc1. The number of methoxy groups -OCH3 is 1. The van der Waals surface area contributed by atoms with Crippen molar-refractivity contribution in [1.29, 1.82) is 0 Å². The summed E-state index contributed by atoms with van der Waals surface area (Å²) in [7, 11) is 1.68. The first kappa shape index (κ1) is 24.2. The maximum atomic E-state index is 6.54. The third-order valence-corrected chi connectivity index (χ3v) is 6.74. The Morgan fingerprint density at radius 1 is 0.795 bits per heavy atom. The second-order valence-electron chi connectivity index (χ2n) is 9.11. The smallest absolute Gasteiger partial charge is 0.296 e. The lowest BCUT2D eigenvalue weighted by molar-refractivity contribution is -0.380. The van der Waals surface area contributed by atoms with Gasteiger partial charge in [-0.2, -0.15) is 4.98 Å². The van der Waals surface area contributed by atoms with Crippen molar-refractivity contribution in [3.63, 3.8) is 0 Å². The van der Waals surface area contributed by atoms with Crippen LogP contribution in [0.4, 0.5) is 5.95 Å². The molecule has 7 heteroatoms. The number of hydrogen-bond donors (Lipinski definition) is 2. The molecule has 0 saturated carbocycles. The predicted octanol–water partition coefficient (Wildman–Crippen LogP) is 5.76. The zero-order valence-corrected chi connectivity index (χ0v) is 21.5. The van der Waals surface area contributed by atoms with Gasteiger partial charge in [0.2, 0.25) is 5.95 Å². The van der Waals surface area contributed by atoms with Crippen molar-refractivity contribution >= 4 is 17.1 Å². The Labute approximate surface area is 226 Å². The van der Waals surface area contributed by atoms with Gasteiger partial charge in [0.25, 0.3) is 12.0 Å². The third kappa shape index (κ3) is 4.66. The Morgan fingerprint density at radius 3 is 2.08 bits per heavy atom. The summed E-state index contributed by atoms with van der Waals surface area (Å²) in [6, 6.07) is 36.6. The molecule has 6 rings (SSSR count). The van der Waals surface area contributed by atoms with Crippen LogP contribution in [0.2, 0.25) is 0 Å². The third-order valence-electron chi connectivity index (χ3n) is 6.74. The molecular formula is C32H28N5O2+. The summed E-state index contributed by atoms with van der Waals surface area (Å²) in [5.74, 6) is 1.94. The van der Waals surface area contributed by atoms with Gasteiger partial charge in [0.15, 0.2) is 5.52 Å². The summed E-state index contributed by atoms with van der Waals surface area (Å²) in [5, 5.41) is 3.76. The molecule has 192 valence electrons. The zero-order chi connectivity index (χ0) is 26.5. The quantitative estimate of drug-likeness (QED) is 0.240. The van der Waals surface area contributed by atoms with Gasteiger partial charge in [-0.3, -0.25) is 0 Å². The maximum absolute atomic E-state index is 6.54. The second kappa shape index (κ2) is 10.7. The minimum atomic E-state index is -0.946. The number of ether oxygens (including phenoxy) is 2. The fourth-order valence-corrected chi connectivity index (χ4v) is 4.98. The Bertz CT molecular complexity index is 1600. The normalized spacial score (nSPS) is 11.3. The van der Waals surface area contributed by atoms with Crippen LogP contribution in [-0.2, 0) is 12.1 Å². The number of aromatic amines is 2. The number of hydrogen-bond acceptors (Lipinski definition) is 5. The molecule has 0 amide bonds. The van der Waals surface area contributed by atoms with E-state index in [1.165, 1.54) is 0 Å². The van der Waals surface area contributed by atoms with Crippen molar-refractivity contribution in [2.45, 2.75) is 12.1 Å². The van der Waals surface area contributed by atoms with Gasteiger partial charge < -0.3 is 19.8 Å². The fourth-order valence-electron chi connectivity index (χ4n) is 4.98. The molecule has 0 fully saturated rings. The molecular weight excluding hydrogens is 486 g/mol. The number of benzene rings is 4. The highest BCUT2D eigenvalue weighted by Gasteiger charge is 2.42. The van der Waals surface area contributed by atoms with Crippen LogP contribution >= 0.6 is 0 Å². The molecule has 0 radical (unpaired) electrons. The molecule has 3 N–H and O–H groups in total. The lowest BCUT2D eigenvalue weighted by Crippen LogP contribution is -2.39. The monoisotopic (exact) mass is 514 g/mol. The minimum Gasteiger partial charge on any atom is -0.496 e. The number of imidazole rings is 1. The number of rotatable bonds is 9. The van der Waals surface area contributed by atoms with Crippen molar-refractivity contribution in [3.05, 3.63) is 144 Å². The van der Waals surface area contributed by atoms with E-state index in [4.69, 9.17) is 14.5 Å².